The third-order valence-electron chi connectivity index (χ3n) is 3.99. The largest absolute Gasteiger partial charge is 0.378 e. The van der Waals surface area contributed by atoms with Gasteiger partial charge in [-0.25, -0.2) is 8.42 Å². The molecule has 0 aliphatic carbocycles. The van der Waals surface area contributed by atoms with Gasteiger partial charge in [-0.3, -0.25) is 9.10 Å². The van der Waals surface area contributed by atoms with Gasteiger partial charge in [0.15, 0.2) is 0 Å². The van der Waals surface area contributed by atoms with Crippen molar-refractivity contribution in [2.45, 2.75) is 13.3 Å². The van der Waals surface area contributed by atoms with Crippen LogP contribution in [0.2, 0.25) is 0 Å². The maximum atomic E-state index is 12.4. The highest BCUT2D eigenvalue weighted by Gasteiger charge is 2.20. The highest BCUT2D eigenvalue weighted by Crippen LogP contribution is 2.19. The molecule has 0 heterocycles. The van der Waals surface area contributed by atoms with E-state index in [2.05, 4.69) is 5.32 Å². The van der Waals surface area contributed by atoms with Crippen LogP contribution in [0.15, 0.2) is 48.5 Å². The molecule has 0 bridgehead atoms. The molecule has 0 spiro atoms. The van der Waals surface area contributed by atoms with Gasteiger partial charge in [0.05, 0.1) is 11.9 Å². The number of hydrogen-bond donors (Lipinski definition) is 1. The zero-order chi connectivity index (χ0) is 19.3. The average Bonchev–Trinajstić information content (AvgIpc) is 2.59. The summed E-state index contributed by atoms with van der Waals surface area (Å²) in [7, 11) is 0.287. The fourth-order valence-electron chi connectivity index (χ4n) is 2.47. The molecule has 1 amide bonds. The number of nitrogens with one attached hydrogen (secondary N) is 1. The Morgan fingerprint density at radius 1 is 0.962 bits per heavy atom. The zero-order valence-electron chi connectivity index (χ0n) is 15.6. The van der Waals surface area contributed by atoms with Gasteiger partial charge in [-0.15, -0.1) is 0 Å². The van der Waals surface area contributed by atoms with Crippen molar-refractivity contribution in [1.29, 1.82) is 0 Å². The van der Waals surface area contributed by atoms with E-state index in [4.69, 9.17) is 0 Å². The minimum Gasteiger partial charge on any atom is -0.378 e. The molecule has 140 valence electrons. The molecule has 0 fully saturated rings. The first kappa shape index (κ1) is 19.8. The molecule has 0 aromatic heterocycles. The smallest absolute Gasteiger partial charge is 0.245 e. The first-order chi connectivity index (χ1) is 12.2. The minimum atomic E-state index is -3.58. The predicted octanol–water partition coefficient (Wildman–Crippen LogP) is 2.72. The predicted molar refractivity (Wildman–Crippen MR) is 107 cm³/mol. The highest BCUT2D eigenvalue weighted by molar-refractivity contribution is 7.92. The molecular weight excluding hydrogens is 350 g/mol. The molecule has 0 aliphatic heterocycles. The second-order valence-corrected chi connectivity index (χ2v) is 8.19. The van der Waals surface area contributed by atoms with Gasteiger partial charge in [0.1, 0.15) is 6.54 Å². The van der Waals surface area contributed by atoms with Crippen LogP contribution in [0, 0.1) is 0 Å². The number of carbonyl (C=O) groups excluding carboxylic acids is 1. The molecule has 0 aliphatic rings. The van der Waals surface area contributed by atoms with Crippen molar-refractivity contribution in [2.24, 2.45) is 0 Å². The SMILES string of the molecule is CCc1ccc(N(CC(=O)Nc2ccc(N(C)C)cc2)S(C)(=O)=O)cc1. The Morgan fingerprint density at radius 2 is 1.50 bits per heavy atom. The number of aryl methyl sites for hydroxylation is 1. The van der Waals surface area contributed by atoms with Crippen molar-refractivity contribution >= 4 is 33.0 Å². The maximum absolute atomic E-state index is 12.4. The first-order valence-electron chi connectivity index (χ1n) is 8.34. The highest BCUT2D eigenvalue weighted by atomic mass is 32.2. The van der Waals surface area contributed by atoms with Gasteiger partial charge in [-0.1, -0.05) is 19.1 Å². The Kier molecular flexibility index (Phi) is 6.26. The van der Waals surface area contributed by atoms with E-state index in [0.29, 0.717) is 11.4 Å². The lowest BCUT2D eigenvalue weighted by atomic mass is 10.1. The van der Waals surface area contributed by atoms with Gasteiger partial charge in [0.25, 0.3) is 0 Å². The first-order valence-corrected chi connectivity index (χ1v) is 10.2. The number of amides is 1. The molecule has 26 heavy (non-hydrogen) atoms. The van der Waals surface area contributed by atoms with E-state index >= 15 is 0 Å². The van der Waals surface area contributed by atoms with E-state index in [-0.39, 0.29) is 6.54 Å². The Bertz CT molecular complexity index is 845. The van der Waals surface area contributed by atoms with Crippen LogP contribution in [-0.4, -0.2) is 41.2 Å². The van der Waals surface area contributed by atoms with Crippen LogP contribution in [0.25, 0.3) is 0 Å². The summed E-state index contributed by atoms with van der Waals surface area (Å²) in [6, 6.07) is 14.5. The van der Waals surface area contributed by atoms with Crippen LogP contribution in [0.4, 0.5) is 17.1 Å². The van der Waals surface area contributed by atoms with Gasteiger partial charge in [-0.2, -0.15) is 0 Å². The number of sulfonamides is 1. The third-order valence-corrected chi connectivity index (χ3v) is 5.13. The molecule has 6 nitrogen and oxygen atoms in total. The molecule has 1 N–H and O–H groups in total. The molecule has 2 aromatic carbocycles. The van der Waals surface area contributed by atoms with Crippen LogP contribution in [-0.2, 0) is 21.2 Å². The Hall–Kier alpha value is -2.54. The maximum Gasteiger partial charge on any atom is 0.245 e. The molecule has 7 heteroatoms. The summed E-state index contributed by atoms with van der Waals surface area (Å²) < 4.78 is 25.4. The summed E-state index contributed by atoms with van der Waals surface area (Å²) in [4.78, 5) is 14.3. The average molecular weight is 375 g/mol. The zero-order valence-corrected chi connectivity index (χ0v) is 16.4. The second kappa shape index (κ2) is 8.23. The summed E-state index contributed by atoms with van der Waals surface area (Å²) in [5.74, 6) is -0.396. The van der Waals surface area contributed by atoms with E-state index in [9.17, 15) is 13.2 Å². The number of hydrogen-bond acceptors (Lipinski definition) is 4. The fourth-order valence-corrected chi connectivity index (χ4v) is 3.33. The van der Waals surface area contributed by atoms with Gasteiger partial charge in [0.2, 0.25) is 15.9 Å². The molecular formula is C19H25N3O3S. The van der Waals surface area contributed by atoms with Gasteiger partial charge >= 0.3 is 0 Å². The molecule has 0 saturated carbocycles. The topological polar surface area (TPSA) is 69.7 Å². The van der Waals surface area contributed by atoms with Crippen molar-refractivity contribution in [1.82, 2.24) is 0 Å². The van der Waals surface area contributed by atoms with E-state index in [1.54, 1.807) is 24.3 Å². The third kappa shape index (κ3) is 5.23. The van der Waals surface area contributed by atoms with Crippen LogP contribution >= 0.6 is 0 Å². The van der Waals surface area contributed by atoms with E-state index in [1.165, 1.54) is 0 Å². The molecule has 2 aromatic rings. The van der Waals surface area contributed by atoms with E-state index in [0.717, 1.165) is 28.2 Å². The molecule has 0 radical (unpaired) electrons. The van der Waals surface area contributed by atoms with Crippen molar-refractivity contribution in [2.75, 3.05) is 41.4 Å². The van der Waals surface area contributed by atoms with E-state index < -0.39 is 15.9 Å². The Balaban J connectivity index is 2.13. The Labute approximate surface area is 155 Å². The molecule has 0 unspecified atom stereocenters. The molecule has 2 rings (SSSR count). The fraction of sp³-hybridized carbons (Fsp3) is 0.316. The van der Waals surface area contributed by atoms with Crippen LogP contribution in [0.3, 0.4) is 0 Å². The lowest BCUT2D eigenvalue weighted by Gasteiger charge is -2.22. The van der Waals surface area contributed by atoms with Crippen LogP contribution in [0.1, 0.15) is 12.5 Å². The summed E-state index contributed by atoms with van der Waals surface area (Å²) in [5, 5.41) is 2.74. The molecule has 0 atom stereocenters. The second-order valence-electron chi connectivity index (χ2n) is 6.28. The van der Waals surface area contributed by atoms with Crippen molar-refractivity contribution in [3.05, 3.63) is 54.1 Å². The summed E-state index contributed by atoms with van der Waals surface area (Å²) in [6.45, 7) is 1.75. The van der Waals surface area contributed by atoms with Gasteiger partial charge in [-0.05, 0) is 48.4 Å². The summed E-state index contributed by atoms with van der Waals surface area (Å²) in [6.07, 6.45) is 1.96. The van der Waals surface area contributed by atoms with Crippen molar-refractivity contribution in [3.8, 4) is 0 Å². The standard InChI is InChI=1S/C19H25N3O3S/c1-5-15-6-10-18(11-7-15)22(26(4,24)25)14-19(23)20-16-8-12-17(13-9-16)21(2)3/h6-13H,5,14H2,1-4H3,(H,20,23). The number of anilines is 3. The quantitative estimate of drug-likeness (QED) is 0.808. The van der Waals surface area contributed by atoms with Crippen molar-refractivity contribution in [3.63, 3.8) is 0 Å². The number of rotatable bonds is 7. The van der Waals surface area contributed by atoms with Crippen LogP contribution < -0.4 is 14.5 Å². The normalized spacial score (nSPS) is 11.1. The van der Waals surface area contributed by atoms with Crippen molar-refractivity contribution < 1.29 is 13.2 Å². The molecule has 0 saturated heterocycles. The van der Waals surface area contributed by atoms with Gasteiger partial charge in [0, 0.05) is 25.5 Å². The number of carbonyl (C=O) groups is 1. The lowest BCUT2D eigenvalue weighted by molar-refractivity contribution is -0.114. The lowest BCUT2D eigenvalue weighted by Crippen LogP contribution is -2.37. The van der Waals surface area contributed by atoms with E-state index in [1.807, 2.05) is 50.2 Å². The number of nitrogens with zero attached hydrogens (tertiary/aromatic N) is 2. The summed E-state index contributed by atoms with van der Waals surface area (Å²) in [5.41, 5.74) is 3.21. The minimum absolute atomic E-state index is 0.278. The number of benzene rings is 2. The van der Waals surface area contributed by atoms with Gasteiger partial charge < -0.3 is 10.2 Å². The monoisotopic (exact) mass is 375 g/mol. The Morgan fingerprint density at radius 3 is 1.96 bits per heavy atom. The summed E-state index contributed by atoms with van der Waals surface area (Å²) >= 11 is 0. The van der Waals surface area contributed by atoms with Crippen LogP contribution in [0.5, 0.6) is 0 Å².